The number of rotatable bonds is 4. The summed E-state index contributed by atoms with van der Waals surface area (Å²) in [7, 11) is 0. The summed E-state index contributed by atoms with van der Waals surface area (Å²) in [5, 5.41) is 6.82. The molecule has 18 heavy (non-hydrogen) atoms. The van der Waals surface area contributed by atoms with Gasteiger partial charge >= 0.3 is 0 Å². The maximum atomic E-state index is 5.73. The van der Waals surface area contributed by atoms with Gasteiger partial charge in [0.15, 0.2) is 11.5 Å². The van der Waals surface area contributed by atoms with E-state index < -0.39 is 0 Å². The van der Waals surface area contributed by atoms with Gasteiger partial charge in [-0.1, -0.05) is 0 Å². The zero-order chi connectivity index (χ0) is 12.2. The van der Waals surface area contributed by atoms with E-state index in [1.165, 1.54) is 0 Å². The molecule has 1 aromatic carbocycles. The van der Waals surface area contributed by atoms with Gasteiger partial charge in [-0.05, 0) is 18.6 Å². The molecule has 0 aliphatic carbocycles. The van der Waals surface area contributed by atoms with E-state index in [0.29, 0.717) is 19.4 Å². The third-order valence-electron chi connectivity index (χ3n) is 3.20. The number of hydrogen-bond acceptors (Lipinski definition) is 5. The molecular weight excluding hydrogens is 232 g/mol. The number of fused-ring (bicyclic) bond motifs is 1. The van der Waals surface area contributed by atoms with Crippen molar-refractivity contribution in [1.82, 2.24) is 10.6 Å². The van der Waals surface area contributed by atoms with Gasteiger partial charge < -0.3 is 24.8 Å². The summed E-state index contributed by atoms with van der Waals surface area (Å²) < 4.78 is 16.3. The van der Waals surface area contributed by atoms with Gasteiger partial charge in [0.05, 0.1) is 6.61 Å². The zero-order valence-electron chi connectivity index (χ0n) is 10.3. The first kappa shape index (κ1) is 11.6. The van der Waals surface area contributed by atoms with Crippen molar-refractivity contribution in [2.75, 3.05) is 33.0 Å². The Morgan fingerprint density at radius 3 is 3.06 bits per heavy atom. The highest BCUT2D eigenvalue weighted by Crippen LogP contribution is 2.35. The van der Waals surface area contributed by atoms with E-state index in [-0.39, 0.29) is 0 Å². The van der Waals surface area contributed by atoms with Crippen LogP contribution in [0, 0.1) is 0 Å². The van der Waals surface area contributed by atoms with Crippen molar-refractivity contribution in [2.45, 2.75) is 12.5 Å². The van der Waals surface area contributed by atoms with E-state index in [2.05, 4.69) is 10.6 Å². The Labute approximate surface area is 106 Å². The Kier molecular flexibility index (Phi) is 3.52. The molecule has 1 saturated heterocycles. The van der Waals surface area contributed by atoms with Gasteiger partial charge in [0, 0.05) is 31.7 Å². The Hall–Kier alpha value is -1.46. The molecule has 5 nitrogen and oxygen atoms in total. The minimum atomic E-state index is 0.302. The maximum Gasteiger partial charge on any atom is 0.231 e. The smallest absolute Gasteiger partial charge is 0.231 e. The minimum absolute atomic E-state index is 0.302. The normalized spacial score (nSPS) is 21.9. The molecule has 1 aromatic rings. The maximum absolute atomic E-state index is 5.73. The van der Waals surface area contributed by atoms with Crippen LogP contribution >= 0.6 is 0 Å². The van der Waals surface area contributed by atoms with Gasteiger partial charge in [0.1, 0.15) is 5.75 Å². The van der Waals surface area contributed by atoms with E-state index >= 15 is 0 Å². The molecule has 5 heteroatoms. The lowest BCUT2D eigenvalue weighted by atomic mass is 10.2. The van der Waals surface area contributed by atoms with Crippen molar-refractivity contribution in [2.24, 2.45) is 0 Å². The molecule has 2 N–H and O–H groups in total. The third kappa shape index (κ3) is 2.68. The van der Waals surface area contributed by atoms with Crippen LogP contribution in [0.5, 0.6) is 17.2 Å². The Morgan fingerprint density at radius 2 is 2.17 bits per heavy atom. The fourth-order valence-electron chi connectivity index (χ4n) is 2.20. The van der Waals surface area contributed by atoms with Crippen molar-refractivity contribution in [3.8, 4) is 17.2 Å². The van der Waals surface area contributed by atoms with Crippen LogP contribution in [-0.4, -0.2) is 39.1 Å². The van der Waals surface area contributed by atoms with Crippen LogP contribution in [0.1, 0.15) is 6.42 Å². The molecule has 0 amide bonds. The van der Waals surface area contributed by atoms with Crippen LogP contribution in [0.25, 0.3) is 0 Å². The largest absolute Gasteiger partial charge is 0.493 e. The third-order valence-corrected chi connectivity index (χ3v) is 3.20. The molecular formula is C13H18N2O3. The number of ether oxygens (including phenoxy) is 3. The minimum Gasteiger partial charge on any atom is -0.493 e. The second-order valence-corrected chi connectivity index (χ2v) is 4.51. The lowest BCUT2D eigenvalue weighted by molar-refractivity contribution is 0.173. The molecule has 0 aromatic heterocycles. The molecule has 2 aliphatic heterocycles. The lowest BCUT2D eigenvalue weighted by Crippen LogP contribution is -2.48. The molecule has 0 spiro atoms. The number of piperazine rings is 1. The van der Waals surface area contributed by atoms with E-state index in [1.807, 2.05) is 18.2 Å². The van der Waals surface area contributed by atoms with Gasteiger partial charge in [-0.2, -0.15) is 0 Å². The van der Waals surface area contributed by atoms with Gasteiger partial charge in [0.2, 0.25) is 6.79 Å². The number of hydrogen-bond donors (Lipinski definition) is 2. The topological polar surface area (TPSA) is 51.8 Å². The number of nitrogens with one attached hydrogen (secondary N) is 2. The van der Waals surface area contributed by atoms with Gasteiger partial charge in [-0.3, -0.25) is 0 Å². The zero-order valence-corrected chi connectivity index (χ0v) is 10.3. The highest BCUT2D eigenvalue weighted by Gasteiger charge is 2.14. The fraction of sp³-hybridized carbons (Fsp3) is 0.538. The van der Waals surface area contributed by atoms with Crippen LogP contribution in [0.4, 0.5) is 0 Å². The summed E-state index contributed by atoms with van der Waals surface area (Å²) in [6.07, 6.45) is 1.00. The van der Waals surface area contributed by atoms with Crippen LogP contribution in [0.2, 0.25) is 0 Å². The van der Waals surface area contributed by atoms with Crippen molar-refractivity contribution < 1.29 is 14.2 Å². The van der Waals surface area contributed by atoms with Gasteiger partial charge in [0.25, 0.3) is 0 Å². The SMILES string of the molecule is c1cc2c(cc1OCCC1CNCCN1)OCO2. The van der Waals surface area contributed by atoms with Crippen LogP contribution in [0.3, 0.4) is 0 Å². The van der Waals surface area contributed by atoms with E-state index in [4.69, 9.17) is 14.2 Å². The quantitative estimate of drug-likeness (QED) is 0.825. The molecule has 1 atom stereocenters. The Balaban J connectivity index is 1.48. The van der Waals surface area contributed by atoms with Crippen LogP contribution < -0.4 is 24.8 Å². The Bertz CT molecular complexity index is 405. The summed E-state index contributed by atoms with van der Waals surface area (Å²) >= 11 is 0. The summed E-state index contributed by atoms with van der Waals surface area (Å²) in [4.78, 5) is 0. The molecule has 1 unspecified atom stereocenters. The molecule has 98 valence electrons. The summed E-state index contributed by atoms with van der Waals surface area (Å²) in [5.41, 5.74) is 0. The van der Waals surface area contributed by atoms with E-state index in [0.717, 1.165) is 43.3 Å². The lowest BCUT2D eigenvalue weighted by Gasteiger charge is -2.24. The molecule has 0 radical (unpaired) electrons. The average Bonchev–Trinajstić information content (AvgIpc) is 2.87. The summed E-state index contributed by atoms with van der Waals surface area (Å²) in [6.45, 7) is 4.12. The number of benzene rings is 1. The highest BCUT2D eigenvalue weighted by molar-refractivity contribution is 5.46. The van der Waals surface area contributed by atoms with Crippen LogP contribution in [0.15, 0.2) is 18.2 Å². The Morgan fingerprint density at radius 1 is 1.22 bits per heavy atom. The fourth-order valence-corrected chi connectivity index (χ4v) is 2.20. The molecule has 0 bridgehead atoms. The molecule has 3 rings (SSSR count). The monoisotopic (exact) mass is 250 g/mol. The second kappa shape index (κ2) is 5.46. The molecule has 2 aliphatic rings. The first-order valence-electron chi connectivity index (χ1n) is 6.38. The molecule has 0 saturated carbocycles. The predicted molar refractivity (Wildman–Crippen MR) is 67.3 cm³/mol. The summed E-state index contributed by atoms with van der Waals surface area (Å²) in [5.74, 6) is 2.40. The van der Waals surface area contributed by atoms with Gasteiger partial charge in [-0.15, -0.1) is 0 Å². The van der Waals surface area contributed by atoms with Crippen molar-refractivity contribution in [3.63, 3.8) is 0 Å². The standard InChI is InChI=1S/C13H18N2O3/c1-2-12-13(18-9-17-12)7-11(1)16-6-3-10-8-14-4-5-15-10/h1-2,7,10,14-15H,3-6,8-9H2. The summed E-state index contributed by atoms with van der Waals surface area (Å²) in [6, 6.07) is 6.19. The van der Waals surface area contributed by atoms with Crippen LogP contribution in [-0.2, 0) is 0 Å². The highest BCUT2D eigenvalue weighted by atomic mass is 16.7. The first-order valence-corrected chi connectivity index (χ1v) is 6.38. The van der Waals surface area contributed by atoms with E-state index in [9.17, 15) is 0 Å². The second-order valence-electron chi connectivity index (χ2n) is 4.51. The predicted octanol–water partition coefficient (Wildman–Crippen LogP) is 0.746. The molecule has 2 heterocycles. The van der Waals surface area contributed by atoms with Crippen molar-refractivity contribution in [1.29, 1.82) is 0 Å². The van der Waals surface area contributed by atoms with E-state index in [1.54, 1.807) is 0 Å². The first-order chi connectivity index (χ1) is 8.92. The average molecular weight is 250 g/mol. The van der Waals surface area contributed by atoms with Crippen molar-refractivity contribution in [3.05, 3.63) is 18.2 Å². The van der Waals surface area contributed by atoms with Gasteiger partial charge in [-0.25, -0.2) is 0 Å². The van der Waals surface area contributed by atoms with Crippen molar-refractivity contribution >= 4 is 0 Å². The molecule has 1 fully saturated rings.